The summed E-state index contributed by atoms with van der Waals surface area (Å²) in [4.78, 5) is 23.5. The highest BCUT2D eigenvalue weighted by molar-refractivity contribution is 5.80. The molecule has 2 rings (SSSR count). The van der Waals surface area contributed by atoms with Crippen LogP contribution < -0.4 is 15.4 Å². The van der Waals surface area contributed by atoms with Gasteiger partial charge in [0.05, 0.1) is 13.0 Å². The first-order valence-corrected chi connectivity index (χ1v) is 8.49. The molecule has 0 aliphatic heterocycles. The molecule has 2 aromatic carbocycles. The quantitative estimate of drug-likeness (QED) is 0.652. The van der Waals surface area contributed by atoms with Gasteiger partial charge in [-0.1, -0.05) is 48.5 Å². The lowest BCUT2D eigenvalue weighted by Crippen LogP contribution is -2.32. The highest BCUT2D eigenvalue weighted by atomic mass is 16.5. The first-order chi connectivity index (χ1) is 12.2. The van der Waals surface area contributed by atoms with Gasteiger partial charge in [0.15, 0.2) is 0 Å². The fourth-order valence-electron chi connectivity index (χ4n) is 2.25. The molecule has 5 heteroatoms. The number of benzene rings is 2. The molecule has 25 heavy (non-hydrogen) atoms. The summed E-state index contributed by atoms with van der Waals surface area (Å²) in [5, 5.41) is 5.58. The molecule has 2 amide bonds. The fraction of sp³-hybridized carbons (Fsp3) is 0.300. The summed E-state index contributed by atoms with van der Waals surface area (Å²) in [6.45, 7) is 1.46. The summed E-state index contributed by atoms with van der Waals surface area (Å²) >= 11 is 0. The Hall–Kier alpha value is -2.82. The molecule has 0 aliphatic carbocycles. The lowest BCUT2D eigenvalue weighted by atomic mass is 10.1. The third-order valence-corrected chi connectivity index (χ3v) is 3.54. The van der Waals surface area contributed by atoms with Gasteiger partial charge in [-0.2, -0.15) is 0 Å². The van der Waals surface area contributed by atoms with Crippen molar-refractivity contribution >= 4 is 11.8 Å². The standard InChI is InChI=1S/C20H24N2O3/c23-19(21-13-7-15-25-18-10-5-2-6-11-18)12-14-22-20(24)16-17-8-3-1-4-9-17/h1-6,8-11H,7,12-16H2,(H,21,23)(H,22,24). The van der Waals surface area contributed by atoms with E-state index >= 15 is 0 Å². The van der Waals surface area contributed by atoms with E-state index in [1.807, 2.05) is 60.7 Å². The summed E-state index contributed by atoms with van der Waals surface area (Å²) in [5.74, 6) is 0.685. The molecule has 0 aliphatic rings. The lowest BCUT2D eigenvalue weighted by molar-refractivity contribution is -0.122. The molecule has 0 saturated carbocycles. The molecule has 132 valence electrons. The Morgan fingerprint density at radius 3 is 2.16 bits per heavy atom. The van der Waals surface area contributed by atoms with Crippen molar-refractivity contribution in [3.63, 3.8) is 0 Å². The average Bonchev–Trinajstić information content (AvgIpc) is 2.63. The van der Waals surface area contributed by atoms with Gasteiger partial charge in [-0.15, -0.1) is 0 Å². The summed E-state index contributed by atoms with van der Waals surface area (Å²) < 4.78 is 5.55. The summed E-state index contributed by atoms with van der Waals surface area (Å²) in [7, 11) is 0. The van der Waals surface area contributed by atoms with Gasteiger partial charge in [0.25, 0.3) is 0 Å². The van der Waals surface area contributed by atoms with E-state index in [9.17, 15) is 9.59 Å². The number of nitrogens with one attached hydrogen (secondary N) is 2. The van der Waals surface area contributed by atoms with Crippen molar-refractivity contribution in [2.24, 2.45) is 0 Å². The third-order valence-electron chi connectivity index (χ3n) is 3.54. The maximum absolute atomic E-state index is 11.8. The Kier molecular flexibility index (Phi) is 8.05. The van der Waals surface area contributed by atoms with Crippen molar-refractivity contribution in [3.05, 3.63) is 66.2 Å². The van der Waals surface area contributed by atoms with Crippen LogP contribution in [0.1, 0.15) is 18.4 Å². The number of ether oxygens (including phenoxy) is 1. The lowest BCUT2D eigenvalue weighted by Gasteiger charge is -2.08. The van der Waals surface area contributed by atoms with Gasteiger partial charge in [0.2, 0.25) is 11.8 Å². The smallest absolute Gasteiger partial charge is 0.224 e. The van der Waals surface area contributed by atoms with Crippen LogP contribution in [0.15, 0.2) is 60.7 Å². The molecule has 0 saturated heterocycles. The van der Waals surface area contributed by atoms with Gasteiger partial charge in [0.1, 0.15) is 5.75 Å². The maximum Gasteiger partial charge on any atom is 0.224 e. The first kappa shape index (κ1) is 18.5. The van der Waals surface area contributed by atoms with Crippen LogP contribution in [0.5, 0.6) is 5.75 Å². The van der Waals surface area contributed by atoms with Gasteiger partial charge in [-0.05, 0) is 24.1 Å². The predicted octanol–water partition coefficient (Wildman–Crippen LogP) is 2.32. The zero-order valence-corrected chi connectivity index (χ0v) is 14.2. The largest absolute Gasteiger partial charge is 0.494 e. The molecule has 0 aromatic heterocycles. The van der Waals surface area contributed by atoms with Crippen LogP contribution in [0.4, 0.5) is 0 Å². The van der Waals surface area contributed by atoms with Gasteiger partial charge < -0.3 is 15.4 Å². The van der Waals surface area contributed by atoms with E-state index in [1.54, 1.807) is 0 Å². The van der Waals surface area contributed by atoms with Gasteiger partial charge in [-0.25, -0.2) is 0 Å². The SMILES string of the molecule is O=C(CCNC(=O)Cc1ccccc1)NCCCOc1ccccc1. The van der Waals surface area contributed by atoms with E-state index in [0.29, 0.717) is 26.1 Å². The zero-order chi connectivity index (χ0) is 17.7. The van der Waals surface area contributed by atoms with Crippen molar-refractivity contribution in [1.82, 2.24) is 10.6 Å². The molecule has 0 radical (unpaired) electrons. The van der Waals surface area contributed by atoms with Crippen LogP contribution >= 0.6 is 0 Å². The second kappa shape index (κ2) is 10.9. The molecular formula is C20H24N2O3. The van der Waals surface area contributed by atoms with Crippen molar-refractivity contribution in [2.45, 2.75) is 19.3 Å². The van der Waals surface area contributed by atoms with Crippen LogP contribution in [0.3, 0.4) is 0 Å². The molecule has 0 unspecified atom stereocenters. The monoisotopic (exact) mass is 340 g/mol. The number of hydrogen-bond acceptors (Lipinski definition) is 3. The minimum atomic E-state index is -0.0738. The second-order valence-corrected chi connectivity index (χ2v) is 5.63. The molecule has 5 nitrogen and oxygen atoms in total. The molecule has 0 heterocycles. The summed E-state index contributed by atoms with van der Waals surface area (Å²) in [5.41, 5.74) is 0.961. The van der Waals surface area contributed by atoms with Crippen LogP contribution in [-0.2, 0) is 16.0 Å². The number of para-hydroxylation sites is 1. The first-order valence-electron chi connectivity index (χ1n) is 8.49. The summed E-state index contributed by atoms with van der Waals surface area (Å²) in [6.07, 6.45) is 1.35. The Labute approximate surface area is 148 Å². The van der Waals surface area contributed by atoms with E-state index in [-0.39, 0.29) is 18.2 Å². The van der Waals surface area contributed by atoms with Crippen molar-refractivity contribution in [3.8, 4) is 5.75 Å². The highest BCUT2D eigenvalue weighted by Gasteiger charge is 2.05. The van der Waals surface area contributed by atoms with E-state index < -0.39 is 0 Å². The Balaban J connectivity index is 1.49. The zero-order valence-electron chi connectivity index (χ0n) is 14.2. The number of carbonyl (C=O) groups excluding carboxylic acids is 2. The normalized spacial score (nSPS) is 10.1. The van der Waals surface area contributed by atoms with Crippen molar-refractivity contribution in [2.75, 3.05) is 19.7 Å². The van der Waals surface area contributed by atoms with Crippen LogP contribution in [0.2, 0.25) is 0 Å². The second-order valence-electron chi connectivity index (χ2n) is 5.63. The van der Waals surface area contributed by atoms with Crippen molar-refractivity contribution in [1.29, 1.82) is 0 Å². The maximum atomic E-state index is 11.8. The van der Waals surface area contributed by atoms with Gasteiger partial charge >= 0.3 is 0 Å². The van der Waals surface area contributed by atoms with E-state index in [4.69, 9.17) is 4.74 Å². The van der Waals surface area contributed by atoms with Crippen LogP contribution in [-0.4, -0.2) is 31.5 Å². The summed E-state index contributed by atoms with van der Waals surface area (Å²) in [6, 6.07) is 19.1. The van der Waals surface area contributed by atoms with Gasteiger partial charge in [-0.3, -0.25) is 9.59 Å². The Morgan fingerprint density at radius 1 is 0.800 bits per heavy atom. The number of amides is 2. The third kappa shape index (κ3) is 8.01. The average molecular weight is 340 g/mol. The molecule has 0 spiro atoms. The van der Waals surface area contributed by atoms with E-state index in [0.717, 1.165) is 17.7 Å². The molecule has 2 aromatic rings. The van der Waals surface area contributed by atoms with E-state index in [2.05, 4.69) is 10.6 Å². The Bertz CT molecular complexity index is 645. The Morgan fingerprint density at radius 2 is 1.44 bits per heavy atom. The predicted molar refractivity (Wildman–Crippen MR) is 97.3 cm³/mol. The number of carbonyl (C=O) groups is 2. The molecule has 2 N–H and O–H groups in total. The van der Waals surface area contributed by atoms with Crippen LogP contribution in [0, 0.1) is 0 Å². The minimum absolute atomic E-state index is 0.0697. The molecular weight excluding hydrogens is 316 g/mol. The topological polar surface area (TPSA) is 67.4 Å². The van der Waals surface area contributed by atoms with Crippen molar-refractivity contribution < 1.29 is 14.3 Å². The van der Waals surface area contributed by atoms with Gasteiger partial charge in [0, 0.05) is 19.5 Å². The molecule has 0 bridgehead atoms. The fourth-order valence-corrected chi connectivity index (χ4v) is 2.25. The minimum Gasteiger partial charge on any atom is -0.494 e. The number of rotatable bonds is 10. The van der Waals surface area contributed by atoms with Crippen LogP contribution in [0.25, 0.3) is 0 Å². The number of hydrogen-bond donors (Lipinski definition) is 2. The van der Waals surface area contributed by atoms with E-state index in [1.165, 1.54) is 0 Å². The molecule has 0 atom stereocenters. The highest BCUT2D eigenvalue weighted by Crippen LogP contribution is 2.08. The molecule has 0 fully saturated rings.